The molecule has 0 radical (unpaired) electrons. The number of halogens is 1. The lowest BCUT2D eigenvalue weighted by Crippen LogP contribution is -2.31. The van der Waals surface area contributed by atoms with Gasteiger partial charge in [0.25, 0.3) is 0 Å². The topological polar surface area (TPSA) is 53.3 Å². The molecule has 7 heteroatoms. The highest BCUT2D eigenvalue weighted by atomic mass is 79.9. The normalized spacial score (nSPS) is 19.1. The molecule has 0 amide bonds. The van der Waals surface area contributed by atoms with Crippen LogP contribution in [-0.4, -0.2) is 37.8 Å². The largest absolute Gasteiger partial charge is 0.396 e. The van der Waals surface area contributed by atoms with Crippen LogP contribution >= 0.6 is 28.1 Å². The average molecular weight is 457 g/mol. The molecule has 1 aliphatic heterocycles. The fourth-order valence-electron chi connectivity index (χ4n) is 3.71. The molecule has 1 aromatic carbocycles. The number of hydrogen-bond acceptors (Lipinski definition) is 3. The van der Waals surface area contributed by atoms with Gasteiger partial charge in [-0.2, -0.15) is 0 Å². The van der Waals surface area contributed by atoms with E-state index in [4.69, 9.17) is 12.2 Å². The summed E-state index contributed by atoms with van der Waals surface area (Å²) < 4.78 is 3.22. The van der Waals surface area contributed by atoms with E-state index in [9.17, 15) is 5.11 Å². The second-order valence-corrected chi connectivity index (χ2v) is 7.98. The maximum Gasteiger partial charge on any atom is 0.170 e. The molecule has 4 rings (SSSR count). The fourth-order valence-corrected chi connectivity index (χ4v) is 4.42. The summed E-state index contributed by atoms with van der Waals surface area (Å²) in [6.07, 6.45) is 4.53. The van der Waals surface area contributed by atoms with Gasteiger partial charge >= 0.3 is 0 Å². The van der Waals surface area contributed by atoms with Gasteiger partial charge in [0, 0.05) is 41.4 Å². The lowest BCUT2D eigenvalue weighted by Gasteiger charge is -2.28. The SMILES string of the molecule is OCCCN1C(=S)N[C@H](c2ccccn2)[C@H]1c1cccn1-c1cccc(Br)c1. The molecular weight excluding hydrogens is 436 g/mol. The molecule has 0 bridgehead atoms. The molecule has 0 unspecified atom stereocenters. The van der Waals surface area contributed by atoms with Gasteiger partial charge in [-0.3, -0.25) is 4.98 Å². The predicted molar refractivity (Wildman–Crippen MR) is 117 cm³/mol. The highest BCUT2D eigenvalue weighted by Gasteiger charge is 2.40. The third-order valence-corrected chi connectivity index (χ3v) is 5.77. The van der Waals surface area contributed by atoms with E-state index in [0.717, 1.165) is 21.5 Å². The number of thiocarbonyl (C=S) groups is 1. The molecule has 3 heterocycles. The second kappa shape index (κ2) is 8.43. The summed E-state index contributed by atoms with van der Waals surface area (Å²) in [6.45, 7) is 0.812. The molecular formula is C21H21BrN4OS. The summed E-state index contributed by atoms with van der Waals surface area (Å²) >= 11 is 9.22. The number of rotatable bonds is 6. The molecule has 3 aromatic rings. The van der Waals surface area contributed by atoms with Crippen molar-refractivity contribution < 1.29 is 5.11 Å². The Morgan fingerprint density at radius 1 is 1.14 bits per heavy atom. The minimum atomic E-state index is -0.0619. The zero-order chi connectivity index (χ0) is 19.5. The highest BCUT2D eigenvalue weighted by molar-refractivity contribution is 9.10. The fraction of sp³-hybridized carbons (Fsp3) is 0.238. The van der Waals surface area contributed by atoms with Crippen molar-refractivity contribution >= 4 is 33.3 Å². The molecule has 2 aromatic heterocycles. The first-order chi connectivity index (χ1) is 13.7. The molecule has 0 spiro atoms. The van der Waals surface area contributed by atoms with Crippen LogP contribution in [0.2, 0.25) is 0 Å². The van der Waals surface area contributed by atoms with Crippen molar-refractivity contribution in [1.82, 2.24) is 19.8 Å². The zero-order valence-corrected chi connectivity index (χ0v) is 17.6. The summed E-state index contributed by atoms with van der Waals surface area (Å²) in [5, 5.41) is 13.5. The smallest absolute Gasteiger partial charge is 0.170 e. The number of benzene rings is 1. The van der Waals surface area contributed by atoms with Gasteiger partial charge in [0.15, 0.2) is 5.11 Å². The van der Waals surface area contributed by atoms with Gasteiger partial charge < -0.3 is 19.9 Å². The van der Waals surface area contributed by atoms with Crippen molar-refractivity contribution in [2.45, 2.75) is 18.5 Å². The number of aliphatic hydroxyl groups excluding tert-OH is 1. The predicted octanol–water partition coefficient (Wildman–Crippen LogP) is 3.99. The molecule has 0 aliphatic carbocycles. The maximum atomic E-state index is 9.36. The Hall–Kier alpha value is -2.22. The molecule has 5 nitrogen and oxygen atoms in total. The minimum absolute atomic E-state index is 0.0251. The first-order valence-corrected chi connectivity index (χ1v) is 10.4. The molecule has 0 saturated carbocycles. The summed E-state index contributed by atoms with van der Waals surface area (Å²) in [6, 6.07) is 18.3. The Morgan fingerprint density at radius 3 is 2.79 bits per heavy atom. The number of hydrogen-bond donors (Lipinski definition) is 2. The first kappa shape index (κ1) is 19.1. The van der Waals surface area contributed by atoms with Crippen LogP contribution in [-0.2, 0) is 0 Å². The third-order valence-electron chi connectivity index (χ3n) is 4.92. The third kappa shape index (κ3) is 3.70. The zero-order valence-electron chi connectivity index (χ0n) is 15.2. The van der Waals surface area contributed by atoms with E-state index in [1.165, 1.54) is 0 Å². The minimum Gasteiger partial charge on any atom is -0.396 e. The molecule has 144 valence electrons. The Bertz CT molecular complexity index is 962. The van der Waals surface area contributed by atoms with Crippen molar-refractivity contribution in [3.63, 3.8) is 0 Å². The number of pyridine rings is 1. The van der Waals surface area contributed by atoms with Crippen molar-refractivity contribution in [3.05, 3.63) is 82.9 Å². The highest BCUT2D eigenvalue weighted by Crippen LogP contribution is 2.39. The van der Waals surface area contributed by atoms with E-state index in [2.05, 4.69) is 66.2 Å². The molecule has 1 aliphatic rings. The molecule has 1 fully saturated rings. The summed E-state index contributed by atoms with van der Waals surface area (Å²) in [7, 11) is 0. The number of nitrogens with one attached hydrogen (secondary N) is 1. The van der Waals surface area contributed by atoms with Crippen LogP contribution in [0.25, 0.3) is 5.69 Å². The van der Waals surface area contributed by atoms with Crippen molar-refractivity contribution in [2.24, 2.45) is 0 Å². The van der Waals surface area contributed by atoms with Crippen LogP contribution in [0, 0.1) is 0 Å². The molecule has 28 heavy (non-hydrogen) atoms. The number of aromatic nitrogens is 2. The number of aliphatic hydroxyl groups is 1. The van der Waals surface area contributed by atoms with Gasteiger partial charge in [-0.25, -0.2) is 0 Å². The lowest BCUT2D eigenvalue weighted by atomic mass is 10.0. The van der Waals surface area contributed by atoms with Gasteiger partial charge in [-0.05, 0) is 61.1 Å². The van der Waals surface area contributed by atoms with Crippen LogP contribution in [0.4, 0.5) is 0 Å². The van der Waals surface area contributed by atoms with Gasteiger partial charge in [0.1, 0.15) is 0 Å². The Kier molecular flexibility index (Phi) is 5.75. The van der Waals surface area contributed by atoms with Gasteiger partial charge in [-0.15, -0.1) is 0 Å². The maximum absolute atomic E-state index is 9.36. The van der Waals surface area contributed by atoms with E-state index in [1.807, 2.05) is 30.3 Å². The van der Waals surface area contributed by atoms with Crippen molar-refractivity contribution in [2.75, 3.05) is 13.2 Å². The van der Waals surface area contributed by atoms with Gasteiger partial charge in [-0.1, -0.05) is 28.1 Å². The summed E-state index contributed by atoms with van der Waals surface area (Å²) in [5.41, 5.74) is 3.15. The van der Waals surface area contributed by atoms with Crippen LogP contribution in [0.1, 0.15) is 29.9 Å². The standard InChI is InChI=1S/C21H21BrN4OS/c22-15-6-3-7-16(14-15)25-11-4-9-18(25)20-19(17-8-1-2-10-23-17)24-21(28)26(20)12-5-13-27/h1-4,6-11,14,19-20,27H,5,12-13H2,(H,24,28)/t19-,20-/m1/s1. The van der Waals surface area contributed by atoms with Crippen LogP contribution < -0.4 is 5.32 Å². The van der Waals surface area contributed by atoms with E-state index in [-0.39, 0.29) is 18.7 Å². The molecule has 1 saturated heterocycles. The van der Waals surface area contributed by atoms with Gasteiger partial charge in [0.2, 0.25) is 0 Å². The Labute approximate surface area is 178 Å². The van der Waals surface area contributed by atoms with E-state index < -0.39 is 0 Å². The van der Waals surface area contributed by atoms with E-state index in [1.54, 1.807) is 6.20 Å². The molecule has 2 N–H and O–H groups in total. The second-order valence-electron chi connectivity index (χ2n) is 6.68. The summed E-state index contributed by atoms with van der Waals surface area (Å²) in [4.78, 5) is 6.73. The van der Waals surface area contributed by atoms with Crippen LogP contribution in [0.3, 0.4) is 0 Å². The quantitative estimate of drug-likeness (QED) is 0.549. The Morgan fingerprint density at radius 2 is 2.04 bits per heavy atom. The van der Waals surface area contributed by atoms with E-state index in [0.29, 0.717) is 18.1 Å². The Balaban J connectivity index is 1.79. The van der Waals surface area contributed by atoms with Crippen molar-refractivity contribution in [3.8, 4) is 5.69 Å². The lowest BCUT2D eigenvalue weighted by molar-refractivity contribution is 0.245. The monoisotopic (exact) mass is 456 g/mol. The number of nitrogens with zero attached hydrogens (tertiary/aromatic N) is 3. The van der Waals surface area contributed by atoms with Crippen LogP contribution in [0.5, 0.6) is 0 Å². The van der Waals surface area contributed by atoms with Crippen LogP contribution in [0.15, 0.2) is 71.5 Å². The summed E-state index contributed by atoms with van der Waals surface area (Å²) in [5.74, 6) is 0. The van der Waals surface area contributed by atoms with Gasteiger partial charge in [0.05, 0.1) is 17.8 Å². The first-order valence-electron chi connectivity index (χ1n) is 9.21. The van der Waals surface area contributed by atoms with Crippen molar-refractivity contribution in [1.29, 1.82) is 0 Å². The molecule has 2 atom stereocenters. The van der Waals surface area contributed by atoms with E-state index >= 15 is 0 Å². The average Bonchev–Trinajstić information content (AvgIpc) is 3.31.